The van der Waals surface area contributed by atoms with Crippen molar-refractivity contribution in [1.29, 1.82) is 0 Å². The van der Waals surface area contributed by atoms with Gasteiger partial charge in [0.1, 0.15) is 8.42 Å². The van der Waals surface area contributed by atoms with E-state index < -0.39 is 26.1 Å². The molecule has 4 heterocycles. The molecule has 2 atom stereocenters. The van der Waals surface area contributed by atoms with Crippen LogP contribution in [0.25, 0.3) is 0 Å². The first-order valence-corrected chi connectivity index (χ1v) is 22.6. The fourth-order valence-electron chi connectivity index (χ4n) is 6.10. The second-order valence-corrected chi connectivity index (χ2v) is 19.5. The number of benzene rings is 2. The minimum absolute atomic E-state index is 0.193. The lowest BCUT2D eigenvalue weighted by Crippen LogP contribution is -2.47. The molecule has 276 valence electrons. The summed E-state index contributed by atoms with van der Waals surface area (Å²) in [6.45, 7) is 8.63. The standard InChI is InChI=1S/C17H23BN2O3S2.C13H21BN2O.C4H3ClO2S2/c1-18(21)19-11-5-7-15(13-19)14-20(16-8-3-2-4-9-16)25(22,23)17-10-6-12-24-17;1-14(17)16-9-5-6-12(11-16)10-15-13-7-3-2-4-8-13;5-9(6,7)4-2-1-3-8-4/h2-4,6,8-10,12,15,21H,5,7,11,13-14H2,1H3;2-4,7-8,12,15,17H,5-6,9-11H2,1H3;1-3H. The summed E-state index contributed by atoms with van der Waals surface area (Å²) in [5.41, 5.74) is 1.87. The monoisotopic (exact) mass is 792 g/mol. The van der Waals surface area contributed by atoms with Gasteiger partial charge in [-0.2, -0.15) is 0 Å². The van der Waals surface area contributed by atoms with Crippen molar-refractivity contribution in [3.05, 3.63) is 95.7 Å². The van der Waals surface area contributed by atoms with E-state index in [-0.39, 0.29) is 17.2 Å². The molecule has 2 fully saturated rings. The molecule has 17 heteroatoms. The van der Waals surface area contributed by atoms with Gasteiger partial charge in [0.15, 0.2) is 0 Å². The van der Waals surface area contributed by atoms with E-state index in [4.69, 9.17) is 10.7 Å². The third-order valence-electron chi connectivity index (χ3n) is 8.77. The maximum Gasteiger partial charge on any atom is 0.376 e. The van der Waals surface area contributed by atoms with Crippen molar-refractivity contribution in [2.75, 3.05) is 48.9 Å². The largest absolute Gasteiger partial charge is 0.437 e. The number of piperidine rings is 2. The smallest absolute Gasteiger partial charge is 0.376 e. The van der Waals surface area contributed by atoms with Crippen molar-refractivity contribution in [2.24, 2.45) is 11.8 Å². The summed E-state index contributed by atoms with van der Waals surface area (Å²) in [5, 5.41) is 26.3. The molecule has 2 aliphatic rings. The van der Waals surface area contributed by atoms with Crippen LogP contribution in [0.4, 0.5) is 11.4 Å². The summed E-state index contributed by atoms with van der Waals surface area (Å²) in [4.78, 5) is 4.16. The molecule has 0 spiro atoms. The van der Waals surface area contributed by atoms with E-state index >= 15 is 0 Å². The number of anilines is 2. The minimum Gasteiger partial charge on any atom is -0.437 e. The van der Waals surface area contributed by atoms with Gasteiger partial charge in [-0.25, -0.2) is 16.8 Å². The number of rotatable bonds is 11. The lowest BCUT2D eigenvalue weighted by molar-refractivity contribution is 0.247. The second kappa shape index (κ2) is 20.2. The van der Waals surface area contributed by atoms with Gasteiger partial charge in [-0.1, -0.05) is 48.5 Å². The Kier molecular flexibility index (Phi) is 16.4. The SMILES string of the molecule is CB(O)N1CCCC(CN(c2ccccc2)S(=O)(=O)c2cccs2)C1.CB(O)N1CCCC(CNc2ccccc2)C1.O=S(=O)(Cl)c1cccs1. The predicted molar refractivity (Wildman–Crippen MR) is 214 cm³/mol. The summed E-state index contributed by atoms with van der Waals surface area (Å²) in [6.07, 6.45) is 4.37. The van der Waals surface area contributed by atoms with Crippen LogP contribution in [0.1, 0.15) is 25.7 Å². The predicted octanol–water partition coefficient (Wildman–Crippen LogP) is 6.36. The van der Waals surface area contributed by atoms with Crippen LogP contribution < -0.4 is 9.62 Å². The average molecular weight is 793 g/mol. The summed E-state index contributed by atoms with van der Waals surface area (Å²) in [7, 11) is -2.87. The van der Waals surface area contributed by atoms with Gasteiger partial charge < -0.3 is 25.0 Å². The van der Waals surface area contributed by atoms with Gasteiger partial charge in [0, 0.05) is 29.5 Å². The zero-order chi connectivity index (χ0) is 36.9. The Morgan fingerprint density at radius 3 is 1.76 bits per heavy atom. The van der Waals surface area contributed by atoms with E-state index in [0.29, 0.717) is 28.9 Å². The molecule has 4 aromatic rings. The molecule has 0 saturated carbocycles. The zero-order valence-corrected chi connectivity index (χ0v) is 33.0. The summed E-state index contributed by atoms with van der Waals surface area (Å²) >= 11 is 2.35. The van der Waals surface area contributed by atoms with Crippen LogP contribution in [0.2, 0.25) is 13.6 Å². The Morgan fingerprint density at radius 1 is 0.765 bits per heavy atom. The number of thiophene rings is 2. The average Bonchev–Trinajstić information content (AvgIpc) is 3.88. The molecule has 0 bridgehead atoms. The van der Waals surface area contributed by atoms with E-state index in [0.717, 1.165) is 50.4 Å². The third-order valence-corrected chi connectivity index (χ3v) is 14.9. The van der Waals surface area contributed by atoms with Crippen molar-refractivity contribution in [1.82, 2.24) is 9.62 Å². The van der Waals surface area contributed by atoms with Crippen molar-refractivity contribution in [3.8, 4) is 0 Å². The van der Waals surface area contributed by atoms with Gasteiger partial charge >= 0.3 is 14.1 Å². The van der Waals surface area contributed by atoms with Crippen LogP contribution in [0.3, 0.4) is 0 Å². The van der Waals surface area contributed by atoms with Gasteiger partial charge in [0.25, 0.3) is 19.1 Å². The molecule has 51 heavy (non-hydrogen) atoms. The highest BCUT2D eigenvalue weighted by molar-refractivity contribution is 8.15. The van der Waals surface area contributed by atoms with Gasteiger partial charge in [-0.3, -0.25) is 4.31 Å². The molecule has 2 unspecified atom stereocenters. The molecule has 10 nitrogen and oxygen atoms in total. The van der Waals surface area contributed by atoms with Crippen LogP contribution in [-0.4, -0.2) is 89.9 Å². The highest BCUT2D eigenvalue weighted by atomic mass is 35.7. The number of halogens is 1. The lowest BCUT2D eigenvalue weighted by Gasteiger charge is -2.36. The molecule has 2 aromatic carbocycles. The number of nitrogens with zero attached hydrogens (tertiary/aromatic N) is 3. The summed E-state index contributed by atoms with van der Waals surface area (Å²) in [6, 6.07) is 26.1. The second-order valence-electron chi connectivity index (χ2n) is 12.7. The molecule has 2 aliphatic heterocycles. The van der Waals surface area contributed by atoms with Crippen LogP contribution in [-0.2, 0) is 19.1 Å². The molecule has 2 saturated heterocycles. The first kappa shape index (κ1) is 41.4. The van der Waals surface area contributed by atoms with Crippen LogP contribution in [0.5, 0.6) is 0 Å². The zero-order valence-electron chi connectivity index (χ0n) is 29.0. The van der Waals surface area contributed by atoms with E-state index in [1.54, 1.807) is 35.8 Å². The summed E-state index contributed by atoms with van der Waals surface area (Å²) < 4.78 is 49.3. The van der Waals surface area contributed by atoms with Gasteiger partial charge in [0.2, 0.25) is 0 Å². The Morgan fingerprint density at radius 2 is 1.27 bits per heavy atom. The molecule has 2 aromatic heterocycles. The molecular formula is C34H47B2ClN4O6S4. The molecule has 6 rings (SSSR count). The summed E-state index contributed by atoms with van der Waals surface area (Å²) in [5.74, 6) is 0.830. The maximum atomic E-state index is 13.2. The van der Waals surface area contributed by atoms with Crippen molar-refractivity contribution >= 4 is 77.9 Å². The van der Waals surface area contributed by atoms with Crippen LogP contribution in [0, 0.1) is 11.8 Å². The highest BCUT2D eigenvalue weighted by Crippen LogP contribution is 2.29. The van der Waals surface area contributed by atoms with Crippen molar-refractivity contribution in [2.45, 2.75) is 47.7 Å². The first-order valence-electron chi connectivity index (χ1n) is 17.1. The van der Waals surface area contributed by atoms with Gasteiger partial charge in [-0.15, -0.1) is 22.7 Å². The third kappa shape index (κ3) is 13.2. The molecule has 0 aliphatic carbocycles. The normalized spacial score (nSPS) is 18.4. The van der Waals surface area contributed by atoms with E-state index in [2.05, 4.69) is 22.3 Å². The van der Waals surface area contributed by atoms with E-state index in [1.165, 1.54) is 40.2 Å². The van der Waals surface area contributed by atoms with Crippen molar-refractivity contribution in [3.63, 3.8) is 0 Å². The van der Waals surface area contributed by atoms with E-state index in [9.17, 15) is 26.9 Å². The minimum atomic E-state index is -3.58. The number of sulfonamides is 1. The lowest BCUT2D eigenvalue weighted by atomic mass is 9.80. The molecule has 0 radical (unpaired) electrons. The molecular weight excluding hydrogens is 746 g/mol. The Bertz CT molecular complexity index is 1770. The number of hydrogen-bond acceptors (Lipinski definition) is 11. The number of nitrogens with one attached hydrogen (secondary N) is 1. The van der Waals surface area contributed by atoms with Gasteiger partial charge in [0.05, 0.1) is 5.69 Å². The Labute approximate surface area is 316 Å². The fraction of sp³-hybridized carbons (Fsp3) is 0.412. The quantitative estimate of drug-likeness (QED) is 0.117. The topological polar surface area (TPSA) is 130 Å². The highest BCUT2D eigenvalue weighted by Gasteiger charge is 2.32. The Hall–Kier alpha value is -2.40. The molecule has 0 amide bonds. The van der Waals surface area contributed by atoms with Crippen molar-refractivity contribution < 1.29 is 26.9 Å². The maximum absolute atomic E-state index is 13.2. The van der Waals surface area contributed by atoms with E-state index in [1.807, 2.05) is 60.2 Å². The van der Waals surface area contributed by atoms with Crippen LogP contribution in [0.15, 0.2) is 104 Å². The first-order chi connectivity index (χ1) is 24.3. The molecule has 3 N–H and O–H groups in total. The number of hydrogen-bond donors (Lipinski definition) is 3. The van der Waals surface area contributed by atoms with Gasteiger partial charge in [-0.05, 0) is 125 Å². The fourth-order valence-corrected chi connectivity index (χ4v) is 10.5. The Balaban J connectivity index is 0.000000192. The number of para-hydroxylation sites is 2. The van der Waals surface area contributed by atoms with Crippen LogP contribution >= 0.6 is 33.4 Å².